The number of carbonyl (C=O) groups excluding carboxylic acids is 1. The summed E-state index contributed by atoms with van der Waals surface area (Å²) in [5.41, 5.74) is 2.44. The van der Waals surface area contributed by atoms with Gasteiger partial charge in [-0.3, -0.25) is 14.3 Å². The first-order chi connectivity index (χ1) is 9.70. The average Bonchev–Trinajstić information content (AvgIpc) is 2.86. The van der Waals surface area contributed by atoms with Gasteiger partial charge < -0.3 is 5.11 Å². The second kappa shape index (κ2) is 5.38. The second-order valence-electron chi connectivity index (χ2n) is 5.94. The van der Waals surface area contributed by atoms with E-state index < -0.39 is 5.97 Å². The maximum absolute atomic E-state index is 11.2. The first kappa shape index (κ1) is 13.3. The third-order valence-corrected chi connectivity index (χ3v) is 4.71. The van der Waals surface area contributed by atoms with Gasteiger partial charge in [-0.15, -0.1) is 0 Å². The highest BCUT2D eigenvalue weighted by Crippen LogP contribution is 2.34. The number of rotatable bonds is 3. The van der Waals surface area contributed by atoms with Crippen LogP contribution in [-0.4, -0.2) is 27.1 Å². The van der Waals surface area contributed by atoms with E-state index in [0.29, 0.717) is 24.6 Å². The highest BCUT2D eigenvalue weighted by Gasteiger charge is 2.31. The molecule has 0 amide bonds. The quantitative estimate of drug-likeness (QED) is 0.860. The Hall–Kier alpha value is -1.65. The number of aldehydes is 1. The summed E-state index contributed by atoms with van der Waals surface area (Å²) in [6.45, 7) is 0. The van der Waals surface area contributed by atoms with E-state index in [0.717, 1.165) is 36.8 Å². The van der Waals surface area contributed by atoms with Crippen LogP contribution in [0.4, 0.5) is 0 Å². The van der Waals surface area contributed by atoms with E-state index in [1.807, 2.05) is 4.68 Å². The fourth-order valence-corrected chi connectivity index (χ4v) is 3.60. The molecule has 0 aliphatic heterocycles. The Kier molecular flexibility index (Phi) is 3.59. The van der Waals surface area contributed by atoms with Gasteiger partial charge in [-0.25, -0.2) is 0 Å². The molecule has 20 heavy (non-hydrogen) atoms. The SMILES string of the molecule is O=Cc1nn(C2CCCCC2)c2c1CC(C(=O)O)CC2. The number of aliphatic carboxylic acids is 1. The van der Waals surface area contributed by atoms with Crippen molar-refractivity contribution in [3.8, 4) is 0 Å². The number of hydrogen-bond donors (Lipinski definition) is 1. The molecule has 5 nitrogen and oxygen atoms in total. The van der Waals surface area contributed by atoms with Gasteiger partial charge in [-0.1, -0.05) is 19.3 Å². The van der Waals surface area contributed by atoms with Crippen LogP contribution in [0, 0.1) is 5.92 Å². The Labute approximate surface area is 118 Å². The number of carboxylic acid groups (broad SMARTS) is 1. The summed E-state index contributed by atoms with van der Waals surface area (Å²) in [7, 11) is 0. The van der Waals surface area contributed by atoms with Gasteiger partial charge in [0.25, 0.3) is 0 Å². The summed E-state index contributed by atoms with van der Waals surface area (Å²) in [5.74, 6) is -1.14. The molecule has 0 aromatic carbocycles. The molecule has 108 valence electrons. The van der Waals surface area contributed by atoms with Gasteiger partial charge >= 0.3 is 5.97 Å². The summed E-state index contributed by atoms with van der Waals surface area (Å²) in [6, 6.07) is 0.396. The zero-order valence-electron chi connectivity index (χ0n) is 11.5. The largest absolute Gasteiger partial charge is 0.481 e. The molecule has 0 saturated heterocycles. The van der Waals surface area contributed by atoms with Gasteiger partial charge in [0, 0.05) is 11.3 Å². The van der Waals surface area contributed by atoms with Crippen LogP contribution >= 0.6 is 0 Å². The molecule has 1 heterocycles. The molecule has 2 aliphatic carbocycles. The van der Waals surface area contributed by atoms with Crippen LogP contribution in [0.1, 0.15) is 66.3 Å². The van der Waals surface area contributed by atoms with Crippen molar-refractivity contribution in [1.82, 2.24) is 9.78 Å². The molecule has 1 fully saturated rings. The number of aromatic nitrogens is 2. The number of fused-ring (bicyclic) bond motifs is 1. The van der Waals surface area contributed by atoms with Crippen molar-refractivity contribution < 1.29 is 14.7 Å². The van der Waals surface area contributed by atoms with E-state index in [1.165, 1.54) is 19.3 Å². The van der Waals surface area contributed by atoms with Crippen molar-refractivity contribution >= 4 is 12.3 Å². The topological polar surface area (TPSA) is 72.2 Å². The third kappa shape index (κ3) is 2.25. The average molecular weight is 276 g/mol. The number of nitrogens with zero attached hydrogens (tertiary/aromatic N) is 2. The summed E-state index contributed by atoms with van der Waals surface area (Å²) in [6.07, 6.45) is 8.56. The van der Waals surface area contributed by atoms with Crippen LogP contribution in [-0.2, 0) is 17.6 Å². The van der Waals surface area contributed by atoms with E-state index in [-0.39, 0.29) is 5.92 Å². The Morgan fingerprint density at radius 2 is 2.00 bits per heavy atom. The maximum Gasteiger partial charge on any atom is 0.306 e. The van der Waals surface area contributed by atoms with Crippen molar-refractivity contribution in [2.24, 2.45) is 5.92 Å². The normalized spacial score (nSPS) is 23.3. The van der Waals surface area contributed by atoms with Crippen LogP contribution in [0.15, 0.2) is 0 Å². The van der Waals surface area contributed by atoms with Crippen molar-refractivity contribution in [2.75, 3.05) is 0 Å². The monoisotopic (exact) mass is 276 g/mol. The molecule has 1 aromatic rings. The molecule has 1 aromatic heterocycles. The summed E-state index contributed by atoms with van der Waals surface area (Å²) < 4.78 is 2.04. The molecule has 0 spiro atoms. The standard InChI is InChI=1S/C15H20N2O3/c18-9-13-12-8-10(15(19)20)6-7-14(12)17(16-13)11-4-2-1-3-5-11/h9-11H,1-8H2,(H,19,20). The molecule has 0 radical (unpaired) electrons. The molecule has 5 heteroatoms. The van der Waals surface area contributed by atoms with Gasteiger partial charge in [0.2, 0.25) is 0 Å². The highest BCUT2D eigenvalue weighted by molar-refractivity contribution is 5.77. The molecule has 2 aliphatic rings. The second-order valence-corrected chi connectivity index (χ2v) is 5.94. The Bertz CT molecular complexity index is 529. The molecule has 1 unspecified atom stereocenters. The number of carbonyl (C=O) groups is 2. The maximum atomic E-state index is 11.2. The first-order valence-corrected chi connectivity index (χ1v) is 7.49. The summed E-state index contributed by atoms with van der Waals surface area (Å²) in [4.78, 5) is 22.4. The smallest absolute Gasteiger partial charge is 0.306 e. The molecule has 1 saturated carbocycles. The van der Waals surface area contributed by atoms with Gasteiger partial charge in [0.1, 0.15) is 5.69 Å². The molecule has 0 bridgehead atoms. The lowest BCUT2D eigenvalue weighted by atomic mass is 9.86. The number of hydrogen-bond acceptors (Lipinski definition) is 3. The van der Waals surface area contributed by atoms with Crippen molar-refractivity contribution in [1.29, 1.82) is 0 Å². The van der Waals surface area contributed by atoms with Gasteiger partial charge in [-0.2, -0.15) is 5.10 Å². The Morgan fingerprint density at radius 3 is 2.65 bits per heavy atom. The lowest BCUT2D eigenvalue weighted by molar-refractivity contribution is -0.142. The van der Waals surface area contributed by atoms with Crippen LogP contribution in [0.25, 0.3) is 0 Å². The first-order valence-electron chi connectivity index (χ1n) is 7.49. The van der Waals surface area contributed by atoms with E-state index in [4.69, 9.17) is 5.11 Å². The molecule has 1 atom stereocenters. The van der Waals surface area contributed by atoms with Crippen LogP contribution in [0.2, 0.25) is 0 Å². The van der Waals surface area contributed by atoms with Gasteiger partial charge in [-0.05, 0) is 32.1 Å². The van der Waals surface area contributed by atoms with Crippen LogP contribution in [0.5, 0.6) is 0 Å². The minimum atomic E-state index is -0.766. The molecular formula is C15H20N2O3. The third-order valence-electron chi connectivity index (χ3n) is 4.71. The van der Waals surface area contributed by atoms with E-state index in [2.05, 4.69) is 5.10 Å². The zero-order chi connectivity index (χ0) is 14.1. The van der Waals surface area contributed by atoms with Crippen LogP contribution < -0.4 is 0 Å². The molecule has 1 N–H and O–H groups in total. The van der Waals surface area contributed by atoms with E-state index in [9.17, 15) is 9.59 Å². The van der Waals surface area contributed by atoms with Crippen molar-refractivity contribution in [3.05, 3.63) is 17.0 Å². The zero-order valence-corrected chi connectivity index (χ0v) is 11.5. The predicted octanol–water partition coefficient (Wildman–Crippen LogP) is 2.39. The number of carboxylic acids is 1. The summed E-state index contributed by atoms with van der Waals surface area (Å²) in [5, 5.41) is 13.7. The lowest BCUT2D eigenvalue weighted by Crippen LogP contribution is -2.24. The highest BCUT2D eigenvalue weighted by atomic mass is 16.4. The Balaban J connectivity index is 1.94. The molecular weight excluding hydrogens is 256 g/mol. The van der Waals surface area contributed by atoms with Crippen molar-refractivity contribution in [2.45, 2.75) is 57.4 Å². The minimum absolute atomic E-state index is 0.370. The lowest BCUT2D eigenvalue weighted by Gasteiger charge is -2.26. The Morgan fingerprint density at radius 1 is 1.25 bits per heavy atom. The fraction of sp³-hybridized carbons (Fsp3) is 0.667. The van der Waals surface area contributed by atoms with Crippen molar-refractivity contribution in [3.63, 3.8) is 0 Å². The van der Waals surface area contributed by atoms with E-state index >= 15 is 0 Å². The van der Waals surface area contributed by atoms with Crippen LogP contribution in [0.3, 0.4) is 0 Å². The fourth-order valence-electron chi connectivity index (χ4n) is 3.60. The minimum Gasteiger partial charge on any atom is -0.481 e. The molecule has 3 rings (SSSR count). The van der Waals surface area contributed by atoms with E-state index in [1.54, 1.807) is 0 Å². The predicted molar refractivity (Wildman–Crippen MR) is 72.9 cm³/mol. The van der Waals surface area contributed by atoms with Gasteiger partial charge in [0.15, 0.2) is 6.29 Å². The summed E-state index contributed by atoms with van der Waals surface area (Å²) >= 11 is 0. The van der Waals surface area contributed by atoms with Gasteiger partial charge in [0.05, 0.1) is 12.0 Å².